The van der Waals surface area contributed by atoms with E-state index in [9.17, 15) is 0 Å². The molecule has 1 heterocycles. The van der Waals surface area contributed by atoms with Crippen LogP contribution in [-0.2, 0) is 6.42 Å². The van der Waals surface area contributed by atoms with E-state index >= 15 is 0 Å². The Bertz CT molecular complexity index is 1030. The number of hydrogen-bond acceptors (Lipinski definition) is 5. The van der Waals surface area contributed by atoms with E-state index in [1.54, 1.807) is 0 Å². The summed E-state index contributed by atoms with van der Waals surface area (Å²) in [5.74, 6) is 2.33. The minimum absolute atomic E-state index is 0. The van der Waals surface area contributed by atoms with Gasteiger partial charge in [0.1, 0.15) is 5.75 Å². The zero-order chi connectivity index (χ0) is 22.5. The summed E-state index contributed by atoms with van der Waals surface area (Å²) in [6, 6.07) is 13.2. The van der Waals surface area contributed by atoms with Gasteiger partial charge in [0, 0.05) is 23.6 Å². The Morgan fingerprint density at radius 3 is 2.45 bits per heavy atom. The Hall–Kier alpha value is -1.95. The Morgan fingerprint density at radius 1 is 1.03 bits per heavy atom. The van der Waals surface area contributed by atoms with Crippen LogP contribution < -0.4 is 4.74 Å². The van der Waals surface area contributed by atoms with E-state index in [2.05, 4.69) is 78.5 Å². The third-order valence-electron chi connectivity index (χ3n) is 6.79. The normalized spacial score (nSPS) is 14.3. The monoisotopic (exact) mass is 485 g/mol. The average molecular weight is 486 g/mol. The Labute approximate surface area is 209 Å². The van der Waals surface area contributed by atoms with E-state index in [-0.39, 0.29) is 12.4 Å². The molecule has 0 unspecified atom stereocenters. The molecule has 1 aromatic heterocycles. The molecule has 1 aliphatic carbocycles. The predicted octanol–water partition coefficient (Wildman–Crippen LogP) is 7.58. The number of halogens is 1. The van der Waals surface area contributed by atoms with Crippen LogP contribution in [0.25, 0.3) is 11.4 Å². The van der Waals surface area contributed by atoms with Crippen molar-refractivity contribution in [3.63, 3.8) is 0 Å². The fourth-order valence-electron chi connectivity index (χ4n) is 4.50. The Balaban J connectivity index is 0.00000306. The molecule has 0 saturated heterocycles. The summed E-state index contributed by atoms with van der Waals surface area (Å²) >= 11 is 1.32. The summed E-state index contributed by atoms with van der Waals surface area (Å²) in [4.78, 5) is 7.00. The van der Waals surface area contributed by atoms with Crippen LogP contribution in [0.1, 0.15) is 67.2 Å². The summed E-state index contributed by atoms with van der Waals surface area (Å²) in [7, 11) is 2.16. The molecule has 0 bridgehead atoms. The molecule has 4 nitrogen and oxygen atoms in total. The van der Waals surface area contributed by atoms with Crippen molar-refractivity contribution < 1.29 is 4.74 Å². The van der Waals surface area contributed by atoms with E-state index in [1.165, 1.54) is 60.3 Å². The van der Waals surface area contributed by atoms with Crippen molar-refractivity contribution in [2.24, 2.45) is 0 Å². The third-order valence-corrected chi connectivity index (χ3v) is 7.38. The quantitative estimate of drug-likeness (QED) is 0.329. The summed E-state index contributed by atoms with van der Waals surface area (Å²) in [5, 5.41) is 0.595. The van der Waals surface area contributed by atoms with E-state index in [0.717, 1.165) is 48.1 Å². The Morgan fingerprint density at radius 2 is 1.76 bits per heavy atom. The van der Waals surface area contributed by atoms with Crippen LogP contribution in [0.2, 0.25) is 0 Å². The van der Waals surface area contributed by atoms with Crippen molar-refractivity contribution in [3.8, 4) is 22.3 Å². The lowest BCUT2D eigenvalue weighted by molar-refractivity contribution is 0.357. The molecule has 178 valence electrons. The predicted molar refractivity (Wildman–Crippen MR) is 141 cm³/mol. The maximum atomic E-state index is 6.15. The van der Waals surface area contributed by atoms with Gasteiger partial charge in [-0.15, -0.1) is 12.4 Å². The molecule has 4 rings (SSSR count). The summed E-state index contributed by atoms with van der Waals surface area (Å²) in [6.07, 6.45) is 7.79. The minimum Gasteiger partial charge on any atom is -0.430 e. The fourth-order valence-corrected chi connectivity index (χ4v) is 5.07. The van der Waals surface area contributed by atoms with Crippen LogP contribution in [0.4, 0.5) is 0 Å². The second-order valence-electron chi connectivity index (χ2n) is 9.13. The van der Waals surface area contributed by atoms with Gasteiger partial charge in [-0.1, -0.05) is 56.5 Å². The number of hydrogen-bond donors (Lipinski definition) is 0. The molecule has 33 heavy (non-hydrogen) atoms. The van der Waals surface area contributed by atoms with Crippen molar-refractivity contribution in [1.29, 1.82) is 0 Å². The molecule has 2 aromatic carbocycles. The first-order valence-corrected chi connectivity index (χ1v) is 12.7. The van der Waals surface area contributed by atoms with Gasteiger partial charge in [0.05, 0.1) is 0 Å². The molecule has 0 amide bonds. The molecule has 0 atom stereocenters. The van der Waals surface area contributed by atoms with Crippen LogP contribution >= 0.6 is 23.9 Å². The van der Waals surface area contributed by atoms with Crippen molar-refractivity contribution in [1.82, 2.24) is 14.3 Å². The maximum absolute atomic E-state index is 6.15. The lowest BCUT2D eigenvalue weighted by Crippen LogP contribution is -2.20. The number of ether oxygens (including phenoxy) is 1. The van der Waals surface area contributed by atoms with Gasteiger partial charge in [-0.3, -0.25) is 0 Å². The van der Waals surface area contributed by atoms with Crippen molar-refractivity contribution in [2.75, 3.05) is 20.1 Å². The number of nitrogens with zero attached hydrogens (tertiary/aromatic N) is 3. The summed E-state index contributed by atoms with van der Waals surface area (Å²) < 4.78 is 10.7. The number of likely N-dealkylation sites (N-methyl/N-ethyl adjacent to an activating group) is 1. The molecule has 0 radical (unpaired) electrons. The molecule has 3 aromatic rings. The SMILES string of the molecule is CCN(C)CCc1cc(C)c(Oc2nc(-c3ccc(C4CCCCC4)cc3)ns2)cc1C.Cl. The first-order valence-electron chi connectivity index (χ1n) is 11.9. The summed E-state index contributed by atoms with van der Waals surface area (Å²) in [6.45, 7) is 8.59. The van der Waals surface area contributed by atoms with E-state index < -0.39 is 0 Å². The zero-order valence-corrected chi connectivity index (χ0v) is 21.9. The Kier molecular flexibility index (Phi) is 9.30. The molecule has 6 heteroatoms. The molecule has 1 saturated carbocycles. The highest BCUT2D eigenvalue weighted by atomic mass is 35.5. The number of aryl methyl sites for hydroxylation is 2. The molecule has 1 aliphatic rings. The highest BCUT2D eigenvalue weighted by Gasteiger charge is 2.16. The van der Waals surface area contributed by atoms with E-state index in [1.807, 2.05) is 0 Å². The van der Waals surface area contributed by atoms with Gasteiger partial charge in [0.15, 0.2) is 5.82 Å². The average Bonchev–Trinajstić information content (AvgIpc) is 3.29. The highest BCUT2D eigenvalue weighted by Crippen LogP contribution is 2.34. The first kappa shape index (κ1) is 25.7. The smallest absolute Gasteiger partial charge is 0.299 e. The van der Waals surface area contributed by atoms with Crippen molar-refractivity contribution >= 4 is 23.9 Å². The second-order valence-corrected chi connectivity index (χ2v) is 9.85. The molecule has 1 fully saturated rings. The van der Waals surface area contributed by atoms with Crippen LogP contribution in [0, 0.1) is 13.8 Å². The van der Waals surface area contributed by atoms with Gasteiger partial charge in [0.2, 0.25) is 0 Å². The van der Waals surface area contributed by atoms with Gasteiger partial charge in [-0.25, -0.2) is 0 Å². The van der Waals surface area contributed by atoms with E-state index in [0.29, 0.717) is 5.19 Å². The van der Waals surface area contributed by atoms with Gasteiger partial charge in [0.25, 0.3) is 5.19 Å². The van der Waals surface area contributed by atoms with E-state index in [4.69, 9.17) is 4.74 Å². The van der Waals surface area contributed by atoms with Gasteiger partial charge in [-0.2, -0.15) is 9.36 Å². The topological polar surface area (TPSA) is 38.2 Å². The zero-order valence-electron chi connectivity index (χ0n) is 20.3. The maximum Gasteiger partial charge on any atom is 0.299 e. The lowest BCUT2D eigenvalue weighted by atomic mass is 9.84. The van der Waals surface area contributed by atoms with Crippen LogP contribution in [0.15, 0.2) is 36.4 Å². The highest BCUT2D eigenvalue weighted by molar-refractivity contribution is 7.07. The van der Waals surface area contributed by atoms with Crippen molar-refractivity contribution in [2.45, 2.75) is 65.2 Å². The molecular weight excluding hydrogens is 450 g/mol. The molecule has 0 N–H and O–H groups in total. The van der Waals surface area contributed by atoms with Crippen LogP contribution in [0.3, 0.4) is 0 Å². The van der Waals surface area contributed by atoms with Gasteiger partial charge in [-0.05, 0) is 80.9 Å². The van der Waals surface area contributed by atoms with Crippen molar-refractivity contribution in [3.05, 3.63) is 58.7 Å². The summed E-state index contributed by atoms with van der Waals surface area (Å²) in [5.41, 5.74) is 6.29. The minimum atomic E-state index is 0. The lowest BCUT2D eigenvalue weighted by Gasteiger charge is -2.21. The van der Waals surface area contributed by atoms with Gasteiger partial charge < -0.3 is 9.64 Å². The number of rotatable bonds is 8. The second kappa shape index (κ2) is 12.0. The molecular formula is C27H36ClN3OS. The molecule has 0 aliphatic heterocycles. The third kappa shape index (κ3) is 6.56. The first-order chi connectivity index (χ1) is 15.5. The standard InChI is InChI=1S/C27H35N3OS.ClH/c1-5-30(4)16-15-24-17-20(3)25(18-19(24)2)31-27-28-26(29-32-27)23-13-11-22(12-14-23)21-9-7-6-8-10-21;/h11-14,17-18,21H,5-10,15-16H2,1-4H3;1H. The largest absolute Gasteiger partial charge is 0.430 e. The van der Waals surface area contributed by atoms with Gasteiger partial charge >= 0.3 is 0 Å². The fraction of sp³-hybridized carbons (Fsp3) is 0.481. The van der Waals surface area contributed by atoms with Crippen LogP contribution in [-0.4, -0.2) is 34.4 Å². The number of benzene rings is 2. The molecule has 0 spiro atoms. The number of aromatic nitrogens is 2. The van der Waals surface area contributed by atoms with Crippen LogP contribution in [0.5, 0.6) is 10.9 Å².